The fraction of sp³-hybridized carbons (Fsp3) is 0.667. The van der Waals surface area contributed by atoms with E-state index in [1.54, 1.807) is 7.11 Å². The minimum atomic E-state index is -0.233. The second-order valence-corrected chi connectivity index (χ2v) is 4.40. The fourth-order valence-electron chi connectivity index (χ4n) is 1.26. The Morgan fingerprint density at radius 3 is 2.65 bits per heavy atom. The van der Waals surface area contributed by atoms with Gasteiger partial charge in [0.15, 0.2) is 0 Å². The number of ether oxygens (including phenoxy) is 2. The monoisotopic (exact) mass is 239 g/mol. The van der Waals surface area contributed by atoms with Crippen LogP contribution >= 0.6 is 0 Å². The summed E-state index contributed by atoms with van der Waals surface area (Å²) in [5.74, 6) is 1.41. The smallest absolute Gasteiger partial charge is 0.221 e. The second-order valence-electron chi connectivity index (χ2n) is 4.40. The van der Waals surface area contributed by atoms with Gasteiger partial charge in [0.05, 0.1) is 17.8 Å². The van der Waals surface area contributed by atoms with Gasteiger partial charge in [-0.2, -0.15) is 0 Å². The number of rotatable bonds is 6. The first kappa shape index (κ1) is 13.7. The minimum absolute atomic E-state index is 0.233. The molecule has 0 saturated heterocycles. The highest BCUT2D eigenvalue weighted by Gasteiger charge is 2.17. The molecular formula is C12H21N3O2. The molecule has 0 radical (unpaired) electrons. The van der Waals surface area contributed by atoms with E-state index in [1.807, 2.05) is 27.7 Å². The first-order chi connectivity index (χ1) is 8.00. The average molecular weight is 239 g/mol. The highest BCUT2D eigenvalue weighted by molar-refractivity contribution is 5.47. The van der Waals surface area contributed by atoms with Crippen molar-refractivity contribution in [1.82, 2.24) is 9.97 Å². The Hall–Kier alpha value is -1.36. The molecule has 1 heterocycles. The van der Waals surface area contributed by atoms with Gasteiger partial charge in [0, 0.05) is 13.7 Å². The molecular weight excluding hydrogens is 218 g/mol. The van der Waals surface area contributed by atoms with Gasteiger partial charge in [0.25, 0.3) is 0 Å². The quantitative estimate of drug-likeness (QED) is 0.823. The van der Waals surface area contributed by atoms with Crippen LogP contribution in [0.1, 0.15) is 26.3 Å². The summed E-state index contributed by atoms with van der Waals surface area (Å²) in [5.41, 5.74) is 0.685. The van der Waals surface area contributed by atoms with Crippen molar-refractivity contribution in [2.24, 2.45) is 0 Å². The Bertz CT molecular complexity index is 367. The molecule has 0 unspecified atom stereocenters. The van der Waals surface area contributed by atoms with Gasteiger partial charge in [0.2, 0.25) is 5.88 Å². The minimum Gasteiger partial charge on any atom is -0.478 e. The third-order valence-corrected chi connectivity index (χ3v) is 2.55. The van der Waals surface area contributed by atoms with Crippen LogP contribution in [0.2, 0.25) is 0 Å². The van der Waals surface area contributed by atoms with Gasteiger partial charge in [-0.15, -0.1) is 0 Å². The van der Waals surface area contributed by atoms with E-state index < -0.39 is 0 Å². The van der Waals surface area contributed by atoms with E-state index in [9.17, 15) is 0 Å². The summed E-state index contributed by atoms with van der Waals surface area (Å²) in [7, 11) is 1.69. The van der Waals surface area contributed by atoms with Crippen LogP contribution in [0.4, 0.5) is 5.82 Å². The van der Waals surface area contributed by atoms with Crippen LogP contribution in [0, 0.1) is 6.92 Å². The van der Waals surface area contributed by atoms with E-state index >= 15 is 0 Å². The molecule has 0 aliphatic heterocycles. The molecule has 0 bridgehead atoms. The number of hydrogen-bond acceptors (Lipinski definition) is 5. The summed E-state index contributed by atoms with van der Waals surface area (Å²) in [6.45, 7) is 9.17. The van der Waals surface area contributed by atoms with Gasteiger partial charge in [-0.25, -0.2) is 9.97 Å². The number of methoxy groups -OCH3 is 1. The van der Waals surface area contributed by atoms with E-state index in [0.29, 0.717) is 19.0 Å². The maximum absolute atomic E-state index is 5.41. The van der Waals surface area contributed by atoms with Crippen LogP contribution in [0.5, 0.6) is 5.88 Å². The molecule has 0 aliphatic rings. The number of nitrogens with one attached hydrogen (secondary N) is 1. The van der Waals surface area contributed by atoms with Crippen LogP contribution < -0.4 is 10.1 Å². The summed E-state index contributed by atoms with van der Waals surface area (Å²) in [6, 6.07) is 0. The Morgan fingerprint density at radius 1 is 1.35 bits per heavy atom. The largest absolute Gasteiger partial charge is 0.478 e. The lowest BCUT2D eigenvalue weighted by Gasteiger charge is -2.24. The topological polar surface area (TPSA) is 56.3 Å². The number of aromatic nitrogens is 2. The van der Waals surface area contributed by atoms with E-state index in [2.05, 4.69) is 15.3 Å². The molecule has 1 N–H and O–H groups in total. The highest BCUT2D eigenvalue weighted by Crippen LogP contribution is 2.21. The lowest BCUT2D eigenvalue weighted by Crippen LogP contribution is -2.32. The molecule has 0 saturated carbocycles. The summed E-state index contributed by atoms with van der Waals surface area (Å²) in [4.78, 5) is 8.29. The molecule has 1 aromatic heterocycles. The van der Waals surface area contributed by atoms with E-state index in [1.165, 1.54) is 6.33 Å². The summed E-state index contributed by atoms with van der Waals surface area (Å²) < 4.78 is 10.8. The molecule has 1 rings (SSSR count). The van der Waals surface area contributed by atoms with Crippen molar-refractivity contribution in [2.75, 3.05) is 25.6 Å². The molecule has 96 valence electrons. The molecule has 0 spiro atoms. The first-order valence-corrected chi connectivity index (χ1v) is 5.73. The second kappa shape index (κ2) is 5.82. The van der Waals surface area contributed by atoms with Gasteiger partial charge in [0.1, 0.15) is 12.1 Å². The zero-order chi connectivity index (χ0) is 12.9. The number of nitrogens with zero attached hydrogens (tertiary/aromatic N) is 2. The van der Waals surface area contributed by atoms with Crippen LogP contribution in [0.15, 0.2) is 6.33 Å². The van der Waals surface area contributed by atoms with Crippen molar-refractivity contribution in [2.45, 2.75) is 33.3 Å². The normalized spacial score (nSPS) is 11.4. The molecule has 17 heavy (non-hydrogen) atoms. The SMILES string of the molecule is CCOc1ncnc(NCC(C)(C)OC)c1C. The van der Waals surface area contributed by atoms with Crippen molar-refractivity contribution >= 4 is 5.82 Å². The molecule has 0 fully saturated rings. The van der Waals surface area contributed by atoms with Crippen LogP contribution in [0.25, 0.3) is 0 Å². The summed E-state index contributed by atoms with van der Waals surface area (Å²) >= 11 is 0. The van der Waals surface area contributed by atoms with Gasteiger partial charge in [-0.05, 0) is 27.7 Å². The predicted octanol–water partition coefficient (Wildman–Crippen LogP) is 2.02. The van der Waals surface area contributed by atoms with Crippen LogP contribution in [0.3, 0.4) is 0 Å². The number of anilines is 1. The summed E-state index contributed by atoms with van der Waals surface area (Å²) in [6.07, 6.45) is 1.50. The van der Waals surface area contributed by atoms with Crippen molar-refractivity contribution in [3.63, 3.8) is 0 Å². The molecule has 5 heteroatoms. The van der Waals surface area contributed by atoms with Crippen molar-refractivity contribution < 1.29 is 9.47 Å². The zero-order valence-electron chi connectivity index (χ0n) is 11.2. The van der Waals surface area contributed by atoms with Gasteiger partial charge in [-0.1, -0.05) is 0 Å². The van der Waals surface area contributed by atoms with Crippen molar-refractivity contribution in [3.8, 4) is 5.88 Å². The average Bonchev–Trinajstić information content (AvgIpc) is 2.31. The lowest BCUT2D eigenvalue weighted by molar-refractivity contribution is 0.0343. The van der Waals surface area contributed by atoms with E-state index in [4.69, 9.17) is 9.47 Å². The highest BCUT2D eigenvalue weighted by atomic mass is 16.5. The van der Waals surface area contributed by atoms with Crippen LogP contribution in [-0.4, -0.2) is 35.8 Å². The lowest BCUT2D eigenvalue weighted by atomic mass is 10.1. The zero-order valence-corrected chi connectivity index (χ0v) is 11.2. The summed E-state index contributed by atoms with van der Waals surface area (Å²) in [5, 5.41) is 3.25. The maximum Gasteiger partial charge on any atom is 0.221 e. The molecule has 0 atom stereocenters. The Labute approximate surface area is 103 Å². The van der Waals surface area contributed by atoms with E-state index in [-0.39, 0.29) is 5.60 Å². The van der Waals surface area contributed by atoms with Gasteiger partial charge < -0.3 is 14.8 Å². The van der Waals surface area contributed by atoms with Crippen molar-refractivity contribution in [3.05, 3.63) is 11.9 Å². The fourth-order valence-corrected chi connectivity index (χ4v) is 1.26. The molecule has 5 nitrogen and oxygen atoms in total. The Kier molecular flexibility index (Phi) is 4.69. The molecule has 0 aliphatic carbocycles. The first-order valence-electron chi connectivity index (χ1n) is 5.73. The predicted molar refractivity (Wildman–Crippen MR) is 67.5 cm³/mol. The third kappa shape index (κ3) is 3.85. The van der Waals surface area contributed by atoms with Gasteiger partial charge in [-0.3, -0.25) is 0 Å². The van der Waals surface area contributed by atoms with E-state index in [0.717, 1.165) is 11.4 Å². The Balaban J connectivity index is 2.75. The maximum atomic E-state index is 5.41. The standard InChI is InChI=1S/C12H21N3O2/c1-6-17-11-9(2)10(14-8-15-11)13-7-12(3,4)16-5/h8H,6-7H2,1-5H3,(H,13,14,15). The molecule has 1 aromatic rings. The Morgan fingerprint density at radius 2 is 2.06 bits per heavy atom. The van der Waals surface area contributed by atoms with Gasteiger partial charge >= 0.3 is 0 Å². The van der Waals surface area contributed by atoms with Crippen molar-refractivity contribution in [1.29, 1.82) is 0 Å². The molecule has 0 amide bonds. The van der Waals surface area contributed by atoms with Crippen LogP contribution in [-0.2, 0) is 4.74 Å². The molecule has 0 aromatic carbocycles. The number of hydrogen-bond donors (Lipinski definition) is 1. The third-order valence-electron chi connectivity index (χ3n) is 2.55.